The second-order valence-corrected chi connectivity index (χ2v) is 8.17. The van der Waals surface area contributed by atoms with E-state index in [9.17, 15) is 9.59 Å². The Morgan fingerprint density at radius 1 is 0.968 bits per heavy atom. The number of anilines is 1. The molecule has 162 valence electrons. The van der Waals surface area contributed by atoms with E-state index in [0.29, 0.717) is 12.1 Å². The number of carbonyl (C=O) groups is 2. The quantitative estimate of drug-likeness (QED) is 0.584. The highest BCUT2D eigenvalue weighted by molar-refractivity contribution is 5.98. The van der Waals surface area contributed by atoms with Crippen molar-refractivity contribution in [3.8, 4) is 0 Å². The van der Waals surface area contributed by atoms with E-state index >= 15 is 0 Å². The first-order chi connectivity index (χ1) is 15.1. The average molecular weight is 419 g/mol. The summed E-state index contributed by atoms with van der Waals surface area (Å²) in [5.74, 6) is 0.953. The molecule has 1 N–H and O–H groups in total. The fourth-order valence-electron chi connectivity index (χ4n) is 4.14. The fourth-order valence-corrected chi connectivity index (χ4v) is 4.14. The van der Waals surface area contributed by atoms with E-state index in [2.05, 4.69) is 21.8 Å². The Labute approximate surface area is 183 Å². The van der Waals surface area contributed by atoms with Crippen LogP contribution in [0.5, 0.6) is 0 Å². The maximum atomic E-state index is 12.7. The molecule has 6 nitrogen and oxygen atoms in total. The largest absolute Gasteiger partial charge is 0.341 e. The minimum Gasteiger partial charge on any atom is -0.341 e. The van der Waals surface area contributed by atoms with Gasteiger partial charge >= 0.3 is 0 Å². The second-order valence-electron chi connectivity index (χ2n) is 8.17. The number of imidazole rings is 1. The third-order valence-electron chi connectivity index (χ3n) is 5.91. The van der Waals surface area contributed by atoms with Gasteiger partial charge in [-0.2, -0.15) is 0 Å². The Kier molecular flexibility index (Phi) is 6.65. The van der Waals surface area contributed by atoms with Gasteiger partial charge in [-0.3, -0.25) is 9.59 Å². The molecule has 4 rings (SSSR count). The first-order valence-corrected chi connectivity index (χ1v) is 11.2. The van der Waals surface area contributed by atoms with Gasteiger partial charge in [-0.15, -0.1) is 0 Å². The molecule has 1 aromatic heterocycles. The normalized spacial score (nSPS) is 14.6. The number of ketones is 1. The van der Waals surface area contributed by atoms with Crippen molar-refractivity contribution in [2.24, 2.45) is 0 Å². The number of aryl methyl sites for hydroxylation is 1. The SMILES string of the molecule is CCCc1ccc(C(=O)CCC(=O)N2CCCN(c3nc4ccccc4[nH]3)CC2)cc1. The Hall–Kier alpha value is -3.15. The van der Waals surface area contributed by atoms with E-state index in [1.54, 1.807) is 0 Å². The first-order valence-electron chi connectivity index (χ1n) is 11.2. The number of hydrogen-bond donors (Lipinski definition) is 1. The average Bonchev–Trinajstić information content (AvgIpc) is 3.07. The van der Waals surface area contributed by atoms with Crippen LogP contribution in [0.2, 0.25) is 0 Å². The number of aromatic nitrogens is 2. The molecule has 3 aromatic rings. The van der Waals surface area contributed by atoms with Crippen molar-refractivity contribution in [3.05, 3.63) is 59.7 Å². The molecule has 0 atom stereocenters. The number of fused-ring (bicyclic) bond motifs is 1. The lowest BCUT2D eigenvalue weighted by Gasteiger charge is -2.21. The number of carbonyl (C=O) groups excluding carboxylic acids is 2. The minimum atomic E-state index is 0.0372. The minimum absolute atomic E-state index is 0.0372. The number of nitrogens with zero attached hydrogens (tertiary/aromatic N) is 3. The highest BCUT2D eigenvalue weighted by Gasteiger charge is 2.21. The topological polar surface area (TPSA) is 69.3 Å². The van der Waals surface area contributed by atoms with Gasteiger partial charge in [0.1, 0.15) is 0 Å². The van der Waals surface area contributed by atoms with E-state index < -0.39 is 0 Å². The summed E-state index contributed by atoms with van der Waals surface area (Å²) in [6, 6.07) is 15.8. The van der Waals surface area contributed by atoms with Crippen molar-refractivity contribution < 1.29 is 9.59 Å². The summed E-state index contributed by atoms with van der Waals surface area (Å²) in [5, 5.41) is 0. The van der Waals surface area contributed by atoms with Gasteiger partial charge < -0.3 is 14.8 Å². The van der Waals surface area contributed by atoms with Gasteiger partial charge in [-0.1, -0.05) is 49.7 Å². The van der Waals surface area contributed by atoms with Gasteiger partial charge in [0.2, 0.25) is 11.9 Å². The smallest absolute Gasteiger partial charge is 0.223 e. The number of Topliss-reactive ketones (excluding diaryl/α,β-unsaturated/α-hetero) is 1. The van der Waals surface area contributed by atoms with Crippen molar-refractivity contribution in [2.45, 2.75) is 39.0 Å². The van der Waals surface area contributed by atoms with E-state index in [1.165, 1.54) is 5.56 Å². The molecule has 1 amide bonds. The Morgan fingerprint density at radius 3 is 2.55 bits per heavy atom. The number of aromatic amines is 1. The van der Waals surface area contributed by atoms with Crippen LogP contribution >= 0.6 is 0 Å². The lowest BCUT2D eigenvalue weighted by atomic mass is 10.0. The third kappa shape index (κ3) is 5.13. The zero-order valence-corrected chi connectivity index (χ0v) is 18.1. The van der Waals surface area contributed by atoms with Crippen LogP contribution in [0.4, 0.5) is 5.95 Å². The second kappa shape index (κ2) is 9.77. The molecule has 2 aromatic carbocycles. The Bertz CT molecular complexity index is 1010. The molecule has 0 aliphatic carbocycles. The van der Waals surface area contributed by atoms with Crippen LogP contribution in [-0.2, 0) is 11.2 Å². The molecule has 6 heteroatoms. The van der Waals surface area contributed by atoms with Gasteiger partial charge in [0.25, 0.3) is 0 Å². The zero-order chi connectivity index (χ0) is 21.6. The lowest BCUT2D eigenvalue weighted by molar-refractivity contribution is -0.130. The predicted octanol–water partition coefficient (Wildman–Crippen LogP) is 4.22. The van der Waals surface area contributed by atoms with Crippen molar-refractivity contribution >= 4 is 28.7 Å². The molecular formula is C25H30N4O2. The van der Waals surface area contributed by atoms with E-state index in [1.807, 2.05) is 53.4 Å². The van der Waals surface area contributed by atoms with E-state index in [-0.39, 0.29) is 24.5 Å². The van der Waals surface area contributed by atoms with Crippen LogP contribution < -0.4 is 4.90 Å². The Morgan fingerprint density at radius 2 is 1.77 bits per heavy atom. The standard InChI is InChI=1S/C25H30N4O2/c1-2-6-19-9-11-20(12-10-19)23(30)13-14-24(31)28-15-5-16-29(18-17-28)25-26-21-7-3-4-8-22(21)27-25/h3-4,7-12H,2,5-6,13-18H2,1H3,(H,26,27). The van der Waals surface area contributed by atoms with Crippen molar-refractivity contribution in [3.63, 3.8) is 0 Å². The summed E-state index contributed by atoms with van der Waals surface area (Å²) >= 11 is 0. The van der Waals surface area contributed by atoms with Crippen LogP contribution in [0.3, 0.4) is 0 Å². The van der Waals surface area contributed by atoms with E-state index in [4.69, 9.17) is 0 Å². The number of para-hydroxylation sites is 2. The van der Waals surface area contributed by atoms with Crippen LogP contribution in [-0.4, -0.2) is 52.7 Å². The number of hydrogen-bond acceptors (Lipinski definition) is 4. The predicted molar refractivity (Wildman–Crippen MR) is 124 cm³/mol. The molecule has 0 saturated carbocycles. The molecule has 2 heterocycles. The number of rotatable bonds is 7. The highest BCUT2D eigenvalue weighted by atomic mass is 16.2. The highest BCUT2D eigenvalue weighted by Crippen LogP contribution is 2.19. The van der Waals surface area contributed by atoms with Crippen molar-refractivity contribution in [2.75, 3.05) is 31.1 Å². The van der Waals surface area contributed by atoms with Gasteiger partial charge in [0.05, 0.1) is 11.0 Å². The van der Waals surface area contributed by atoms with Crippen LogP contribution in [0.1, 0.15) is 48.5 Å². The summed E-state index contributed by atoms with van der Waals surface area (Å²) in [6.45, 7) is 5.10. The van der Waals surface area contributed by atoms with Gasteiger partial charge in [0, 0.05) is 44.6 Å². The molecule has 0 unspecified atom stereocenters. The number of amides is 1. The molecule has 0 radical (unpaired) electrons. The fraction of sp³-hybridized carbons (Fsp3) is 0.400. The first kappa shape index (κ1) is 21.1. The molecule has 1 fully saturated rings. The molecule has 1 aliphatic rings. The summed E-state index contributed by atoms with van der Waals surface area (Å²) in [5.41, 5.74) is 3.92. The lowest BCUT2D eigenvalue weighted by Crippen LogP contribution is -2.35. The third-order valence-corrected chi connectivity index (χ3v) is 5.91. The molecule has 0 bridgehead atoms. The van der Waals surface area contributed by atoms with Crippen LogP contribution in [0.25, 0.3) is 11.0 Å². The number of benzene rings is 2. The van der Waals surface area contributed by atoms with E-state index in [0.717, 1.165) is 55.9 Å². The maximum Gasteiger partial charge on any atom is 0.223 e. The van der Waals surface area contributed by atoms with Gasteiger partial charge in [-0.25, -0.2) is 4.98 Å². The summed E-state index contributed by atoms with van der Waals surface area (Å²) in [4.78, 5) is 37.4. The Balaban J connectivity index is 1.29. The van der Waals surface area contributed by atoms with Crippen molar-refractivity contribution in [1.82, 2.24) is 14.9 Å². The van der Waals surface area contributed by atoms with Gasteiger partial charge in [0.15, 0.2) is 5.78 Å². The number of H-pyrrole nitrogens is 1. The number of nitrogens with one attached hydrogen (secondary N) is 1. The molecule has 31 heavy (non-hydrogen) atoms. The summed E-state index contributed by atoms with van der Waals surface area (Å²) in [7, 11) is 0. The molecule has 1 aliphatic heterocycles. The molecule has 0 spiro atoms. The maximum absolute atomic E-state index is 12.7. The molecular weight excluding hydrogens is 388 g/mol. The summed E-state index contributed by atoms with van der Waals surface area (Å²) in [6.07, 6.45) is 3.52. The zero-order valence-electron chi connectivity index (χ0n) is 18.1. The van der Waals surface area contributed by atoms with Gasteiger partial charge in [-0.05, 0) is 30.5 Å². The van der Waals surface area contributed by atoms with Crippen LogP contribution in [0, 0.1) is 0 Å². The molecule has 1 saturated heterocycles. The monoisotopic (exact) mass is 418 g/mol. The van der Waals surface area contributed by atoms with Crippen LogP contribution in [0.15, 0.2) is 48.5 Å². The van der Waals surface area contributed by atoms with Crippen molar-refractivity contribution in [1.29, 1.82) is 0 Å². The summed E-state index contributed by atoms with van der Waals surface area (Å²) < 4.78 is 0.